The van der Waals surface area contributed by atoms with E-state index in [-0.39, 0.29) is 0 Å². The maximum absolute atomic E-state index is 5.81. The minimum atomic E-state index is 0.333. The van der Waals surface area contributed by atoms with Crippen molar-refractivity contribution >= 4 is 0 Å². The first-order valence-corrected chi connectivity index (χ1v) is 7.44. The van der Waals surface area contributed by atoms with Gasteiger partial charge in [-0.2, -0.15) is 0 Å². The molecule has 19 heavy (non-hydrogen) atoms. The second-order valence-corrected chi connectivity index (χ2v) is 6.65. The van der Waals surface area contributed by atoms with Crippen LogP contribution in [0.25, 0.3) is 0 Å². The van der Waals surface area contributed by atoms with Gasteiger partial charge in [-0.05, 0) is 36.9 Å². The summed E-state index contributed by atoms with van der Waals surface area (Å²) < 4.78 is 5.81. The van der Waals surface area contributed by atoms with Crippen LogP contribution >= 0.6 is 0 Å². The van der Waals surface area contributed by atoms with Crippen LogP contribution in [0.15, 0.2) is 24.3 Å². The summed E-state index contributed by atoms with van der Waals surface area (Å²) in [5.74, 6) is 2.31. The molecule has 0 spiro atoms. The maximum Gasteiger partial charge on any atom is 0.122 e. The molecule has 0 bridgehead atoms. The summed E-state index contributed by atoms with van der Waals surface area (Å²) in [6.45, 7) is 12.2. The standard InChI is InChI=1S/C17H27NO/c1-5-18-11-14(17(2,3)4)10-13-12-19-16-9-7-6-8-15(13)16/h6-9,13-14,18H,5,10-12H2,1-4H3. The van der Waals surface area contributed by atoms with Gasteiger partial charge in [-0.3, -0.25) is 0 Å². The molecule has 1 N–H and O–H groups in total. The molecule has 2 nitrogen and oxygen atoms in total. The van der Waals surface area contributed by atoms with Crippen molar-refractivity contribution in [2.24, 2.45) is 11.3 Å². The molecule has 0 radical (unpaired) electrons. The number of hydrogen-bond donors (Lipinski definition) is 1. The van der Waals surface area contributed by atoms with E-state index in [0.717, 1.165) is 25.4 Å². The van der Waals surface area contributed by atoms with Gasteiger partial charge < -0.3 is 10.1 Å². The van der Waals surface area contributed by atoms with Crippen LogP contribution in [0.3, 0.4) is 0 Å². The third kappa shape index (κ3) is 3.50. The number of ether oxygens (including phenoxy) is 1. The van der Waals surface area contributed by atoms with Crippen molar-refractivity contribution in [1.82, 2.24) is 5.32 Å². The molecule has 1 aliphatic rings. The zero-order chi connectivity index (χ0) is 13.9. The first-order valence-electron chi connectivity index (χ1n) is 7.44. The summed E-state index contributed by atoms with van der Waals surface area (Å²) in [6.07, 6.45) is 1.20. The molecule has 1 aromatic carbocycles. The predicted molar refractivity (Wildman–Crippen MR) is 80.8 cm³/mol. The van der Waals surface area contributed by atoms with E-state index in [1.54, 1.807) is 0 Å². The molecule has 0 fully saturated rings. The zero-order valence-electron chi connectivity index (χ0n) is 12.7. The number of fused-ring (bicyclic) bond motifs is 1. The summed E-state index contributed by atoms with van der Waals surface area (Å²) in [5, 5.41) is 3.51. The Morgan fingerprint density at radius 1 is 1.32 bits per heavy atom. The maximum atomic E-state index is 5.81. The average molecular weight is 261 g/mol. The Balaban J connectivity index is 2.06. The van der Waals surface area contributed by atoms with Crippen molar-refractivity contribution in [3.8, 4) is 5.75 Å². The van der Waals surface area contributed by atoms with Gasteiger partial charge in [-0.15, -0.1) is 0 Å². The van der Waals surface area contributed by atoms with E-state index in [4.69, 9.17) is 4.74 Å². The lowest BCUT2D eigenvalue weighted by Gasteiger charge is -2.32. The zero-order valence-corrected chi connectivity index (χ0v) is 12.7. The predicted octanol–water partition coefficient (Wildman–Crippen LogP) is 3.82. The van der Waals surface area contributed by atoms with Gasteiger partial charge in [0.2, 0.25) is 0 Å². The Hall–Kier alpha value is -1.02. The first kappa shape index (κ1) is 14.4. The molecule has 2 heteroatoms. The summed E-state index contributed by atoms with van der Waals surface area (Å²) in [7, 11) is 0. The van der Waals surface area contributed by atoms with Crippen LogP contribution in [-0.2, 0) is 0 Å². The molecule has 0 saturated carbocycles. The third-order valence-electron chi connectivity index (χ3n) is 4.23. The molecule has 106 valence electrons. The van der Waals surface area contributed by atoms with Gasteiger partial charge in [0, 0.05) is 11.5 Å². The average Bonchev–Trinajstić information content (AvgIpc) is 2.76. The smallest absolute Gasteiger partial charge is 0.122 e. The third-order valence-corrected chi connectivity index (χ3v) is 4.23. The second kappa shape index (κ2) is 5.96. The van der Waals surface area contributed by atoms with Crippen LogP contribution < -0.4 is 10.1 Å². The van der Waals surface area contributed by atoms with Crippen LogP contribution in [0, 0.1) is 11.3 Å². The molecule has 0 saturated heterocycles. The SMILES string of the molecule is CCNCC(CC1COc2ccccc21)C(C)(C)C. The summed E-state index contributed by atoms with van der Waals surface area (Å²) >= 11 is 0. The molecule has 1 aliphatic heterocycles. The van der Waals surface area contributed by atoms with Gasteiger partial charge in [-0.1, -0.05) is 45.9 Å². The Morgan fingerprint density at radius 2 is 2.05 bits per heavy atom. The van der Waals surface area contributed by atoms with E-state index in [9.17, 15) is 0 Å². The van der Waals surface area contributed by atoms with Crippen molar-refractivity contribution in [3.05, 3.63) is 29.8 Å². The molecule has 1 heterocycles. The molecule has 0 aromatic heterocycles. The van der Waals surface area contributed by atoms with Crippen molar-refractivity contribution in [2.75, 3.05) is 19.7 Å². The van der Waals surface area contributed by atoms with E-state index < -0.39 is 0 Å². The molecule has 2 rings (SSSR count). The van der Waals surface area contributed by atoms with E-state index >= 15 is 0 Å². The first-order chi connectivity index (χ1) is 9.02. The normalized spacial score (nSPS) is 19.9. The Bertz CT molecular complexity index is 408. The van der Waals surface area contributed by atoms with Crippen molar-refractivity contribution < 1.29 is 4.74 Å². The summed E-state index contributed by atoms with van der Waals surface area (Å²) in [6, 6.07) is 8.49. The van der Waals surface area contributed by atoms with Gasteiger partial charge in [0.25, 0.3) is 0 Å². The molecule has 1 aromatic rings. The summed E-state index contributed by atoms with van der Waals surface area (Å²) in [4.78, 5) is 0. The van der Waals surface area contributed by atoms with Gasteiger partial charge >= 0.3 is 0 Å². The van der Waals surface area contributed by atoms with E-state index in [1.807, 2.05) is 0 Å². The Kier molecular flexibility index (Phi) is 4.51. The second-order valence-electron chi connectivity index (χ2n) is 6.65. The highest BCUT2D eigenvalue weighted by molar-refractivity contribution is 5.39. The van der Waals surface area contributed by atoms with Gasteiger partial charge in [0.15, 0.2) is 0 Å². The minimum Gasteiger partial charge on any atom is -0.493 e. The number of nitrogens with one attached hydrogen (secondary N) is 1. The molecule has 2 atom stereocenters. The van der Waals surface area contributed by atoms with Crippen molar-refractivity contribution in [1.29, 1.82) is 0 Å². The highest BCUT2D eigenvalue weighted by Gasteiger charge is 2.31. The molecule has 0 aliphatic carbocycles. The highest BCUT2D eigenvalue weighted by atomic mass is 16.5. The molecular formula is C17H27NO. The van der Waals surface area contributed by atoms with Gasteiger partial charge in [-0.25, -0.2) is 0 Å². The van der Waals surface area contributed by atoms with E-state index in [2.05, 4.69) is 57.3 Å². The van der Waals surface area contributed by atoms with Gasteiger partial charge in [0.05, 0.1) is 6.61 Å². The lowest BCUT2D eigenvalue weighted by Crippen LogP contribution is -2.33. The topological polar surface area (TPSA) is 21.3 Å². The molecular weight excluding hydrogens is 234 g/mol. The number of hydrogen-bond acceptors (Lipinski definition) is 2. The molecule has 0 amide bonds. The van der Waals surface area contributed by atoms with Crippen LogP contribution in [0.1, 0.15) is 45.6 Å². The fraction of sp³-hybridized carbons (Fsp3) is 0.647. The number of para-hydroxylation sites is 1. The highest BCUT2D eigenvalue weighted by Crippen LogP contribution is 2.40. The Labute approximate surface area is 117 Å². The lowest BCUT2D eigenvalue weighted by atomic mass is 9.75. The van der Waals surface area contributed by atoms with Crippen molar-refractivity contribution in [3.63, 3.8) is 0 Å². The fourth-order valence-corrected chi connectivity index (χ4v) is 2.83. The fourth-order valence-electron chi connectivity index (χ4n) is 2.83. The van der Waals surface area contributed by atoms with Crippen LogP contribution in [-0.4, -0.2) is 19.7 Å². The van der Waals surface area contributed by atoms with Crippen molar-refractivity contribution in [2.45, 2.75) is 40.0 Å². The Morgan fingerprint density at radius 3 is 2.74 bits per heavy atom. The van der Waals surface area contributed by atoms with E-state index in [0.29, 0.717) is 17.3 Å². The molecule has 2 unspecified atom stereocenters. The monoisotopic (exact) mass is 261 g/mol. The minimum absolute atomic E-state index is 0.333. The number of benzene rings is 1. The number of rotatable bonds is 5. The van der Waals surface area contributed by atoms with Gasteiger partial charge in [0.1, 0.15) is 5.75 Å². The quantitative estimate of drug-likeness (QED) is 0.870. The largest absolute Gasteiger partial charge is 0.493 e. The van der Waals surface area contributed by atoms with Crippen LogP contribution in [0.2, 0.25) is 0 Å². The van der Waals surface area contributed by atoms with E-state index in [1.165, 1.54) is 12.0 Å². The van der Waals surface area contributed by atoms with Crippen LogP contribution in [0.5, 0.6) is 5.75 Å². The lowest BCUT2D eigenvalue weighted by molar-refractivity contribution is 0.196. The summed E-state index contributed by atoms with van der Waals surface area (Å²) in [5.41, 5.74) is 1.73. The van der Waals surface area contributed by atoms with Crippen LogP contribution in [0.4, 0.5) is 0 Å².